The molecule has 15 heavy (non-hydrogen) atoms. The Morgan fingerprint density at radius 2 is 2.60 bits per heavy atom. The van der Waals surface area contributed by atoms with E-state index in [2.05, 4.69) is 9.98 Å². The SMILES string of the molecule is CCOC(=O)C1CCC(c2ccc[nH]2)=N1. The van der Waals surface area contributed by atoms with Crippen molar-refractivity contribution in [3.05, 3.63) is 24.0 Å². The predicted molar refractivity (Wildman–Crippen MR) is 57.0 cm³/mol. The monoisotopic (exact) mass is 206 g/mol. The molecule has 1 aliphatic heterocycles. The minimum Gasteiger partial charge on any atom is -0.464 e. The average molecular weight is 206 g/mol. The fourth-order valence-corrected chi connectivity index (χ4v) is 1.71. The highest BCUT2D eigenvalue weighted by atomic mass is 16.5. The molecule has 4 heteroatoms. The first-order chi connectivity index (χ1) is 7.31. The van der Waals surface area contributed by atoms with E-state index in [1.165, 1.54) is 0 Å². The molecule has 1 atom stereocenters. The highest BCUT2D eigenvalue weighted by Crippen LogP contribution is 2.18. The van der Waals surface area contributed by atoms with Gasteiger partial charge < -0.3 is 9.72 Å². The molecular formula is C11H14N2O2. The van der Waals surface area contributed by atoms with Crippen LogP contribution in [0.5, 0.6) is 0 Å². The molecule has 1 N–H and O–H groups in total. The third-order valence-electron chi connectivity index (χ3n) is 2.43. The number of carbonyl (C=O) groups excluding carboxylic acids is 1. The third kappa shape index (κ3) is 2.09. The fourth-order valence-electron chi connectivity index (χ4n) is 1.71. The van der Waals surface area contributed by atoms with Gasteiger partial charge in [-0.05, 0) is 31.9 Å². The van der Waals surface area contributed by atoms with Gasteiger partial charge >= 0.3 is 5.97 Å². The molecule has 2 heterocycles. The maximum Gasteiger partial charge on any atom is 0.330 e. The van der Waals surface area contributed by atoms with Crippen LogP contribution >= 0.6 is 0 Å². The number of nitrogens with one attached hydrogen (secondary N) is 1. The molecule has 0 aliphatic carbocycles. The Balaban J connectivity index is 2.06. The van der Waals surface area contributed by atoms with Crippen LogP contribution in [0.2, 0.25) is 0 Å². The van der Waals surface area contributed by atoms with Crippen LogP contribution in [-0.4, -0.2) is 29.3 Å². The number of H-pyrrole nitrogens is 1. The summed E-state index contributed by atoms with van der Waals surface area (Å²) in [7, 11) is 0. The van der Waals surface area contributed by atoms with Crippen LogP contribution in [0.15, 0.2) is 23.3 Å². The van der Waals surface area contributed by atoms with Crippen molar-refractivity contribution in [2.24, 2.45) is 4.99 Å². The second kappa shape index (κ2) is 4.29. The zero-order valence-electron chi connectivity index (χ0n) is 8.69. The number of aromatic nitrogens is 1. The number of hydrogen-bond donors (Lipinski definition) is 1. The summed E-state index contributed by atoms with van der Waals surface area (Å²) in [5.41, 5.74) is 1.97. The van der Waals surface area contributed by atoms with E-state index in [1.54, 1.807) is 0 Å². The number of hydrogen-bond acceptors (Lipinski definition) is 3. The Bertz CT molecular complexity index is 368. The highest BCUT2D eigenvalue weighted by molar-refractivity contribution is 6.02. The summed E-state index contributed by atoms with van der Waals surface area (Å²) in [6.45, 7) is 2.23. The first kappa shape index (κ1) is 9.96. The Morgan fingerprint density at radius 1 is 1.73 bits per heavy atom. The van der Waals surface area contributed by atoms with E-state index in [-0.39, 0.29) is 12.0 Å². The van der Waals surface area contributed by atoms with E-state index in [9.17, 15) is 4.79 Å². The van der Waals surface area contributed by atoms with Gasteiger partial charge in [0.05, 0.1) is 18.0 Å². The van der Waals surface area contributed by atoms with Crippen molar-refractivity contribution in [3.8, 4) is 0 Å². The van der Waals surface area contributed by atoms with Gasteiger partial charge in [0.1, 0.15) is 6.04 Å². The van der Waals surface area contributed by atoms with Gasteiger partial charge in [0, 0.05) is 6.20 Å². The summed E-state index contributed by atoms with van der Waals surface area (Å²) in [5.74, 6) is -0.209. The lowest BCUT2D eigenvalue weighted by Crippen LogP contribution is -2.18. The van der Waals surface area contributed by atoms with Crippen molar-refractivity contribution in [3.63, 3.8) is 0 Å². The van der Waals surface area contributed by atoms with Crippen LogP contribution in [0.3, 0.4) is 0 Å². The van der Waals surface area contributed by atoms with Crippen LogP contribution in [0.4, 0.5) is 0 Å². The lowest BCUT2D eigenvalue weighted by molar-refractivity contribution is -0.144. The number of nitrogens with zero attached hydrogens (tertiary/aromatic N) is 1. The van der Waals surface area contributed by atoms with Crippen molar-refractivity contribution >= 4 is 11.7 Å². The van der Waals surface area contributed by atoms with Crippen molar-refractivity contribution < 1.29 is 9.53 Å². The zero-order chi connectivity index (χ0) is 10.7. The third-order valence-corrected chi connectivity index (χ3v) is 2.43. The van der Waals surface area contributed by atoms with E-state index in [1.807, 2.05) is 25.3 Å². The molecule has 80 valence electrons. The summed E-state index contributed by atoms with van der Waals surface area (Å²) in [6, 6.07) is 3.59. The first-order valence-electron chi connectivity index (χ1n) is 5.18. The lowest BCUT2D eigenvalue weighted by Gasteiger charge is -2.04. The van der Waals surface area contributed by atoms with Crippen molar-refractivity contribution in [1.29, 1.82) is 0 Å². The Hall–Kier alpha value is -1.58. The van der Waals surface area contributed by atoms with Crippen LogP contribution in [0, 0.1) is 0 Å². The second-order valence-corrected chi connectivity index (χ2v) is 3.47. The summed E-state index contributed by atoms with van der Waals surface area (Å²) in [5, 5.41) is 0. The minimum atomic E-state index is -0.303. The van der Waals surface area contributed by atoms with Gasteiger partial charge in [0.25, 0.3) is 0 Å². The summed E-state index contributed by atoms with van der Waals surface area (Å²) in [4.78, 5) is 18.9. The van der Waals surface area contributed by atoms with Crippen LogP contribution in [-0.2, 0) is 9.53 Å². The van der Waals surface area contributed by atoms with Gasteiger partial charge in [-0.25, -0.2) is 4.79 Å². The molecule has 4 nitrogen and oxygen atoms in total. The van der Waals surface area contributed by atoms with Crippen LogP contribution in [0.25, 0.3) is 0 Å². The number of carbonyl (C=O) groups is 1. The van der Waals surface area contributed by atoms with E-state index >= 15 is 0 Å². The van der Waals surface area contributed by atoms with Crippen molar-refractivity contribution in [2.45, 2.75) is 25.8 Å². The minimum absolute atomic E-state index is 0.209. The van der Waals surface area contributed by atoms with Gasteiger partial charge in [0.15, 0.2) is 0 Å². The molecule has 0 aromatic carbocycles. The van der Waals surface area contributed by atoms with Gasteiger partial charge in [0.2, 0.25) is 0 Å². The maximum absolute atomic E-state index is 11.4. The largest absolute Gasteiger partial charge is 0.464 e. The first-order valence-corrected chi connectivity index (χ1v) is 5.18. The molecule has 0 bridgehead atoms. The van der Waals surface area contributed by atoms with E-state index in [0.717, 1.165) is 24.2 Å². The van der Waals surface area contributed by atoms with Crippen molar-refractivity contribution in [2.75, 3.05) is 6.61 Å². The molecule has 1 aliphatic rings. The number of aromatic amines is 1. The molecule has 1 aromatic heterocycles. The number of esters is 1. The normalized spacial score (nSPS) is 20.1. The quantitative estimate of drug-likeness (QED) is 0.762. The number of ether oxygens (including phenoxy) is 1. The molecule has 0 saturated heterocycles. The van der Waals surface area contributed by atoms with E-state index in [4.69, 9.17) is 4.74 Å². The predicted octanol–water partition coefficient (Wildman–Crippen LogP) is 1.53. The highest BCUT2D eigenvalue weighted by Gasteiger charge is 2.26. The van der Waals surface area contributed by atoms with Crippen LogP contribution < -0.4 is 0 Å². The van der Waals surface area contributed by atoms with Crippen LogP contribution in [0.1, 0.15) is 25.5 Å². The smallest absolute Gasteiger partial charge is 0.330 e. The number of aliphatic imine (C=N–C) groups is 1. The molecule has 0 spiro atoms. The van der Waals surface area contributed by atoms with Gasteiger partial charge in [-0.15, -0.1) is 0 Å². The van der Waals surface area contributed by atoms with Crippen molar-refractivity contribution in [1.82, 2.24) is 4.98 Å². The van der Waals surface area contributed by atoms with E-state index < -0.39 is 0 Å². The Labute approximate surface area is 88.4 Å². The molecule has 0 fully saturated rings. The average Bonchev–Trinajstić information content (AvgIpc) is 2.89. The standard InChI is InChI=1S/C11H14N2O2/c1-2-15-11(14)10-6-5-9(13-10)8-4-3-7-12-8/h3-4,7,10,12H,2,5-6H2,1H3. The summed E-state index contributed by atoms with van der Waals surface area (Å²) >= 11 is 0. The molecule has 0 amide bonds. The second-order valence-electron chi connectivity index (χ2n) is 3.47. The number of rotatable bonds is 3. The maximum atomic E-state index is 11.4. The Morgan fingerprint density at radius 3 is 3.27 bits per heavy atom. The topological polar surface area (TPSA) is 54.5 Å². The Kier molecular flexibility index (Phi) is 2.85. The zero-order valence-corrected chi connectivity index (χ0v) is 8.69. The summed E-state index contributed by atoms with van der Waals surface area (Å²) < 4.78 is 4.94. The molecule has 1 aromatic rings. The van der Waals surface area contributed by atoms with Gasteiger partial charge in [-0.2, -0.15) is 0 Å². The molecular weight excluding hydrogens is 192 g/mol. The molecule has 0 radical (unpaired) electrons. The molecule has 2 rings (SSSR count). The van der Waals surface area contributed by atoms with E-state index in [0.29, 0.717) is 6.61 Å². The molecule has 0 saturated carbocycles. The van der Waals surface area contributed by atoms with Gasteiger partial charge in [-0.1, -0.05) is 0 Å². The fraction of sp³-hybridized carbons (Fsp3) is 0.455. The summed E-state index contributed by atoms with van der Waals surface area (Å²) in [6.07, 6.45) is 3.45. The van der Waals surface area contributed by atoms with Gasteiger partial charge in [-0.3, -0.25) is 4.99 Å². The lowest BCUT2D eigenvalue weighted by atomic mass is 10.1. The molecule has 1 unspecified atom stereocenters.